The lowest BCUT2D eigenvalue weighted by atomic mass is 10.1. The van der Waals surface area contributed by atoms with Gasteiger partial charge >= 0.3 is 0 Å². The van der Waals surface area contributed by atoms with E-state index in [0.717, 1.165) is 53.9 Å². The zero-order chi connectivity index (χ0) is 15.8. The molecule has 1 aliphatic heterocycles. The molecule has 1 saturated heterocycles. The van der Waals surface area contributed by atoms with Crippen LogP contribution in [-0.4, -0.2) is 38.4 Å². The normalized spacial score (nSPS) is 14.6. The zero-order valence-electron chi connectivity index (χ0n) is 13.1. The Bertz CT molecular complexity index is 878. The minimum Gasteiger partial charge on any atom is -0.339 e. The van der Waals surface area contributed by atoms with Crippen LogP contribution >= 0.6 is 0 Å². The number of hydrogen-bond acceptors (Lipinski definition) is 3. The lowest BCUT2D eigenvalue weighted by Crippen LogP contribution is -2.27. The second-order valence-electron chi connectivity index (χ2n) is 5.96. The fourth-order valence-corrected chi connectivity index (χ4v) is 3.13. The fraction of sp³-hybridized carbons (Fsp3) is 0.278. The standard InChI is InChI=1S/C18H18N4O/c1-13-6-7-14(18(23)21-9-2-3-10-21)11-16(13)22-12-20-15-5-4-8-19-17(15)22/h4-8,11-12H,2-3,9-10H2,1H3. The highest BCUT2D eigenvalue weighted by Crippen LogP contribution is 2.22. The van der Waals surface area contributed by atoms with Crippen molar-refractivity contribution in [3.8, 4) is 5.69 Å². The molecule has 0 unspecified atom stereocenters. The fourth-order valence-electron chi connectivity index (χ4n) is 3.13. The molecular weight excluding hydrogens is 288 g/mol. The quantitative estimate of drug-likeness (QED) is 0.731. The van der Waals surface area contributed by atoms with Crippen LogP contribution in [0.5, 0.6) is 0 Å². The monoisotopic (exact) mass is 306 g/mol. The first kappa shape index (κ1) is 13.9. The molecule has 5 nitrogen and oxygen atoms in total. The summed E-state index contributed by atoms with van der Waals surface area (Å²) in [6.45, 7) is 3.75. The minimum atomic E-state index is 0.112. The number of imidazole rings is 1. The number of aromatic nitrogens is 3. The van der Waals surface area contributed by atoms with E-state index >= 15 is 0 Å². The summed E-state index contributed by atoms with van der Waals surface area (Å²) in [6, 6.07) is 9.67. The van der Waals surface area contributed by atoms with Gasteiger partial charge in [-0.25, -0.2) is 9.97 Å². The topological polar surface area (TPSA) is 51.0 Å². The summed E-state index contributed by atoms with van der Waals surface area (Å²) in [6.07, 6.45) is 5.72. The summed E-state index contributed by atoms with van der Waals surface area (Å²) in [5, 5.41) is 0. The van der Waals surface area contributed by atoms with Crippen LogP contribution in [0.3, 0.4) is 0 Å². The van der Waals surface area contributed by atoms with Gasteiger partial charge in [-0.15, -0.1) is 0 Å². The van der Waals surface area contributed by atoms with E-state index < -0.39 is 0 Å². The molecule has 23 heavy (non-hydrogen) atoms. The van der Waals surface area contributed by atoms with Crippen molar-refractivity contribution in [2.45, 2.75) is 19.8 Å². The number of amides is 1. The zero-order valence-corrected chi connectivity index (χ0v) is 13.1. The third-order valence-electron chi connectivity index (χ3n) is 4.42. The van der Waals surface area contributed by atoms with Crippen molar-refractivity contribution >= 4 is 17.1 Å². The van der Waals surface area contributed by atoms with E-state index in [-0.39, 0.29) is 5.91 Å². The highest BCUT2D eigenvalue weighted by Gasteiger charge is 2.20. The Morgan fingerprint density at radius 2 is 1.96 bits per heavy atom. The SMILES string of the molecule is Cc1ccc(C(=O)N2CCCC2)cc1-n1cnc2cccnc21. The van der Waals surface area contributed by atoms with Crippen LogP contribution in [0.25, 0.3) is 16.9 Å². The van der Waals surface area contributed by atoms with Crippen molar-refractivity contribution in [2.75, 3.05) is 13.1 Å². The largest absolute Gasteiger partial charge is 0.339 e. The molecular formula is C18H18N4O. The predicted molar refractivity (Wildman–Crippen MR) is 88.7 cm³/mol. The van der Waals surface area contributed by atoms with Gasteiger partial charge in [0.25, 0.3) is 5.91 Å². The van der Waals surface area contributed by atoms with Crippen molar-refractivity contribution in [2.24, 2.45) is 0 Å². The van der Waals surface area contributed by atoms with E-state index in [0.29, 0.717) is 0 Å². The van der Waals surface area contributed by atoms with E-state index in [9.17, 15) is 4.79 Å². The molecule has 0 spiro atoms. The lowest BCUT2D eigenvalue weighted by molar-refractivity contribution is 0.0793. The molecule has 3 aromatic rings. The van der Waals surface area contributed by atoms with Gasteiger partial charge in [0.2, 0.25) is 0 Å². The molecule has 1 aromatic carbocycles. The van der Waals surface area contributed by atoms with E-state index in [2.05, 4.69) is 9.97 Å². The molecule has 0 bridgehead atoms. The molecule has 1 aliphatic rings. The Morgan fingerprint density at radius 1 is 1.13 bits per heavy atom. The van der Waals surface area contributed by atoms with Crippen molar-refractivity contribution in [3.05, 3.63) is 54.0 Å². The summed E-state index contributed by atoms with van der Waals surface area (Å²) in [5.41, 5.74) is 4.43. The number of carbonyl (C=O) groups excluding carboxylic acids is 1. The lowest BCUT2D eigenvalue weighted by Gasteiger charge is -2.16. The van der Waals surface area contributed by atoms with Crippen LogP contribution in [-0.2, 0) is 0 Å². The highest BCUT2D eigenvalue weighted by molar-refractivity contribution is 5.95. The molecule has 1 fully saturated rings. The van der Waals surface area contributed by atoms with E-state index in [1.54, 1.807) is 12.5 Å². The molecule has 0 N–H and O–H groups in total. The van der Waals surface area contributed by atoms with E-state index in [4.69, 9.17) is 0 Å². The first-order chi connectivity index (χ1) is 11.2. The summed E-state index contributed by atoms with van der Waals surface area (Å²) in [5.74, 6) is 0.112. The summed E-state index contributed by atoms with van der Waals surface area (Å²) in [4.78, 5) is 23.4. The molecule has 4 rings (SSSR count). The number of carbonyl (C=O) groups is 1. The Labute approximate surface area is 134 Å². The van der Waals surface area contributed by atoms with Crippen LogP contribution in [0, 0.1) is 6.92 Å². The summed E-state index contributed by atoms with van der Waals surface area (Å²) >= 11 is 0. The minimum absolute atomic E-state index is 0.112. The van der Waals surface area contributed by atoms with Gasteiger partial charge in [-0.3, -0.25) is 9.36 Å². The van der Waals surface area contributed by atoms with Gasteiger partial charge in [-0.05, 0) is 49.6 Å². The molecule has 0 aliphatic carbocycles. The van der Waals surface area contributed by atoms with Crippen LogP contribution in [0.1, 0.15) is 28.8 Å². The third-order valence-corrected chi connectivity index (χ3v) is 4.42. The van der Waals surface area contributed by atoms with Gasteiger partial charge in [-0.2, -0.15) is 0 Å². The molecule has 0 saturated carbocycles. The van der Waals surface area contributed by atoms with Gasteiger partial charge < -0.3 is 4.90 Å². The number of nitrogens with zero attached hydrogens (tertiary/aromatic N) is 4. The number of aryl methyl sites for hydroxylation is 1. The van der Waals surface area contributed by atoms with Crippen molar-refractivity contribution in [3.63, 3.8) is 0 Å². The number of hydrogen-bond donors (Lipinski definition) is 0. The maximum Gasteiger partial charge on any atom is 0.253 e. The average molecular weight is 306 g/mol. The molecule has 2 aromatic heterocycles. The predicted octanol–water partition coefficient (Wildman–Crippen LogP) is 2.96. The Hall–Kier alpha value is -2.69. The van der Waals surface area contributed by atoms with Gasteiger partial charge in [0.1, 0.15) is 11.8 Å². The molecule has 0 radical (unpaired) electrons. The molecule has 5 heteroatoms. The first-order valence-electron chi connectivity index (χ1n) is 7.92. The Morgan fingerprint density at radius 3 is 2.78 bits per heavy atom. The second kappa shape index (κ2) is 5.50. The van der Waals surface area contributed by atoms with Gasteiger partial charge in [0.15, 0.2) is 5.65 Å². The molecule has 0 atom stereocenters. The van der Waals surface area contributed by atoms with Crippen molar-refractivity contribution < 1.29 is 4.79 Å². The maximum absolute atomic E-state index is 12.6. The number of rotatable bonds is 2. The van der Waals surface area contributed by atoms with E-state index in [1.807, 2.05) is 46.7 Å². The average Bonchev–Trinajstić information content (AvgIpc) is 3.24. The highest BCUT2D eigenvalue weighted by atomic mass is 16.2. The Balaban J connectivity index is 1.79. The summed E-state index contributed by atoms with van der Waals surface area (Å²) in [7, 11) is 0. The smallest absolute Gasteiger partial charge is 0.253 e. The number of pyridine rings is 1. The van der Waals surface area contributed by atoms with Gasteiger partial charge in [0.05, 0.1) is 5.69 Å². The van der Waals surface area contributed by atoms with Crippen LogP contribution in [0.4, 0.5) is 0 Å². The third kappa shape index (κ3) is 2.38. The van der Waals surface area contributed by atoms with Gasteiger partial charge in [0, 0.05) is 24.8 Å². The number of likely N-dealkylation sites (tertiary alicyclic amines) is 1. The first-order valence-corrected chi connectivity index (χ1v) is 7.92. The number of fused-ring (bicyclic) bond motifs is 1. The van der Waals surface area contributed by atoms with Crippen LogP contribution < -0.4 is 0 Å². The van der Waals surface area contributed by atoms with Crippen LogP contribution in [0.2, 0.25) is 0 Å². The van der Waals surface area contributed by atoms with Gasteiger partial charge in [-0.1, -0.05) is 6.07 Å². The van der Waals surface area contributed by atoms with E-state index in [1.165, 1.54) is 0 Å². The maximum atomic E-state index is 12.6. The summed E-state index contributed by atoms with van der Waals surface area (Å²) < 4.78 is 1.95. The molecule has 1 amide bonds. The molecule has 116 valence electrons. The Kier molecular flexibility index (Phi) is 3.33. The van der Waals surface area contributed by atoms with Crippen molar-refractivity contribution in [1.82, 2.24) is 19.4 Å². The number of benzene rings is 1. The van der Waals surface area contributed by atoms with Crippen LogP contribution in [0.15, 0.2) is 42.9 Å². The van der Waals surface area contributed by atoms with Crippen molar-refractivity contribution in [1.29, 1.82) is 0 Å². The molecule has 3 heterocycles. The second-order valence-corrected chi connectivity index (χ2v) is 5.96.